The summed E-state index contributed by atoms with van der Waals surface area (Å²) in [5.41, 5.74) is 2.42. The van der Waals surface area contributed by atoms with E-state index in [1.165, 1.54) is 0 Å². The van der Waals surface area contributed by atoms with Crippen molar-refractivity contribution < 1.29 is 0 Å². The zero-order valence-corrected chi connectivity index (χ0v) is 11.6. The molecule has 2 rings (SSSR count). The van der Waals surface area contributed by atoms with Crippen LogP contribution in [0, 0.1) is 0 Å². The Labute approximate surface area is 120 Å². The molecule has 0 radical (unpaired) electrons. The highest BCUT2D eigenvalue weighted by atomic mass is 35.5. The molecule has 0 aliphatic rings. The highest BCUT2D eigenvalue weighted by Crippen LogP contribution is 2.28. The number of nitrogens with zero attached hydrogens (tertiary/aromatic N) is 3. The van der Waals surface area contributed by atoms with Crippen molar-refractivity contribution in [3.63, 3.8) is 0 Å². The maximum atomic E-state index is 6.04. The van der Waals surface area contributed by atoms with Crippen molar-refractivity contribution in [2.75, 3.05) is 17.3 Å². The summed E-state index contributed by atoms with van der Waals surface area (Å²) in [4.78, 5) is 8.17. The van der Waals surface area contributed by atoms with Crippen LogP contribution in [-0.4, -0.2) is 21.1 Å². The van der Waals surface area contributed by atoms with Crippen molar-refractivity contribution in [1.82, 2.24) is 14.5 Å². The highest BCUT2D eigenvalue weighted by Gasteiger charge is 2.07. The van der Waals surface area contributed by atoms with Crippen molar-refractivity contribution in [1.29, 1.82) is 0 Å². The van der Waals surface area contributed by atoms with Crippen molar-refractivity contribution >= 4 is 34.8 Å². The first-order valence-electron chi connectivity index (χ1n) is 5.73. The maximum absolute atomic E-state index is 6.04. The van der Waals surface area contributed by atoms with Gasteiger partial charge in [-0.1, -0.05) is 23.2 Å². The molecule has 19 heavy (non-hydrogen) atoms. The lowest BCUT2D eigenvalue weighted by atomic mass is 10.4. The van der Waals surface area contributed by atoms with Gasteiger partial charge in [-0.15, -0.1) is 0 Å². The first kappa shape index (κ1) is 13.9. The Balaban J connectivity index is 1.88. The van der Waals surface area contributed by atoms with E-state index < -0.39 is 0 Å². The van der Waals surface area contributed by atoms with Crippen LogP contribution in [0.15, 0.2) is 24.8 Å². The summed E-state index contributed by atoms with van der Waals surface area (Å²) < 4.78 is 2.01. The lowest BCUT2D eigenvalue weighted by Crippen LogP contribution is -2.12. The molecule has 2 aromatic heterocycles. The van der Waals surface area contributed by atoms with Gasteiger partial charge in [0, 0.05) is 25.5 Å². The zero-order chi connectivity index (χ0) is 13.7. The minimum Gasteiger partial charge on any atom is -0.369 e. The van der Waals surface area contributed by atoms with E-state index in [0.29, 0.717) is 21.7 Å². The number of aromatic nitrogens is 3. The summed E-state index contributed by atoms with van der Waals surface area (Å²) in [7, 11) is 0. The van der Waals surface area contributed by atoms with E-state index in [4.69, 9.17) is 29.0 Å². The molecule has 8 heteroatoms. The van der Waals surface area contributed by atoms with Crippen molar-refractivity contribution in [3.8, 4) is 0 Å². The number of rotatable bonds is 6. The SMILES string of the molecule is NNc1nc(NCCCn2ccnc2)c(Cl)cc1Cl. The summed E-state index contributed by atoms with van der Waals surface area (Å²) in [6, 6.07) is 1.60. The average Bonchev–Trinajstić information content (AvgIpc) is 2.90. The monoisotopic (exact) mass is 300 g/mol. The third kappa shape index (κ3) is 3.73. The molecular weight excluding hydrogens is 287 g/mol. The molecule has 2 heterocycles. The van der Waals surface area contributed by atoms with Crippen LogP contribution in [0.1, 0.15) is 6.42 Å². The summed E-state index contributed by atoms with van der Waals surface area (Å²) >= 11 is 11.9. The molecular formula is C11H14Cl2N6. The molecule has 0 fully saturated rings. The van der Waals surface area contributed by atoms with Gasteiger partial charge in [0.15, 0.2) is 5.82 Å². The van der Waals surface area contributed by atoms with Gasteiger partial charge in [-0.3, -0.25) is 0 Å². The van der Waals surface area contributed by atoms with Crippen LogP contribution in [0.25, 0.3) is 0 Å². The van der Waals surface area contributed by atoms with E-state index in [9.17, 15) is 0 Å². The smallest absolute Gasteiger partial charge is 0.161 e. The van der Waals surface area contributed by atoms with Crippen molar-refractivity contribution in [3.05, 3.63) is 34.8 Å². The van der Waals surface area contributed by atoms with Crippen LogP contribution in [0.5, 0.6) is 0 Å². The van der Waals surface area contributed by atoms with Crippen LogP contribution in [0.3, 0.4) is 0 Å². The first-order chi connectivity index (χ1) is 9.20. The van der Waals surface area contributed by atoms with Crippen molar-refractivity contribution in [2.24, 2.45) is 5.84 Å². The predicted octanol–water partition coefficient (Wildman–Crippen LogP) is 2.37. The Bertz CT molecular complexity index is 528. The van der Waals surface area contributed by atoms with Gasteiger partial charge in [0.1, 0.15) is 5.82 Å². The number of pyridine rings is 1. The molecule has 0 saturated heterocycles. The van der Waals surface area contributed by atoms with Gasteiger partial charge in [-0.2, -0.15) is 0 Å². The fourth-order valence-electron chi connectivity index (χ4n) is 1.58. The van der Waals surface area contributed by atoms with Crippen LogP contribution < -0.4 is 16.6 Å². The van der Waals surface area contributed by atoms with Gasteiger partial charge in [-0.25, -0.2) is 15.8 Å². The molecule has 0 amide bonds. The quantitative estimate of drug-likeness (QED) is 0.433. The van der Waals surface area contributed by atoms with Gasteiger partial charge in [0.2, 0.25) is 0 Å². The minimum absolute atomic E-state index is 0.386. The number of aryl methyl sites for hydroxylation is 1. The summed E-state index contributed by atoms with van der Waals surface area (Å²) in [5, 5.41) is 4.00. The van der Waals surface area contributed by atoms with Crippen LogP contribution in [0.2, 0.25) is 10.0 Å². The van der Waals surface area contributed by atoms with Gasteiger partial charge in [0.05, 0.1) is 16.4 Å². The molecule has 0 atom stereocenters. The van der Waals surface area contributed by atoms with E-state index in [-0.39, 0.29) is 0 Å². The number of hydrazine groups is 1. The van der Waals surface area contributed by atoms with E-state index >= 15 is 0 Å². The average molecular weight is 301 g/mol. The van der Waals surface area contributed by atoms with E-state index in [2.05, 4.69) is 20.7 Å². The molecule has 0 unspecified atom stereocenters. The Morgan fingerprint density at radius 1 is 1.26 bits per heavy atom. The summed E-state index contributed by atoms with van der Waals surface area (Å²) in [5.74, 6) is 6.26. The van der Waals surface area contributed by atoms with Gasteiger partial charge >= 0.3 is 0 Å². The van der Waals surface area contributed by atoms with Crippen LogP contribution >= 0.6 is 23.2 Å². The number of nitrogens with two attached hydrogens (primary N) is 1. The normalized spacial score (nSPS) is 10.5. The van der Waals surface area contributed by atoms with Gasteiger partial charge < -0.3 is 15.3 Å². The second-order valence-corrected chi connectivity index (χ2v) is 4.69. The Kier molecular flexibility index (Phi) is 4.84. The fourth-order valence-corrected chi connectivity index (χ4v) is 2.06. The van der Waals surface area contributed by atoms with Crippen LogP contribution in [-0.2, 0) is 6.54 Å². The molecule has 6 nitrogen and oxygen atoms in total. The third-order valence-corrected chi connectivity index (χ3v) is 3.09. The number of nitrogen functional groups attached to an aromatic ring is 1. The summed E-state index contributed by atoms with van der Waals surface area (Å²) in [6.07, 6.45) is 6.38. The Morgan fingerprint density at radius 3 is 2.74 bits per heavy atom. The maximum Gasteiger partial charge on any atom is 0.161 e. The number of imidazole rings is 1. The lowest BCUT2D eigenvalue weighted by Gasteiger charge is -2.10. The second-order valence-electron chi connectivity index (χ2n) is 3.87. The number of hydrogen-bond acceptors (Lipinski definition) is 5. The molecule has 102 valence electrons. The van der Waals surface area contributed by atoms with Crippen LogP contribution in [0.4, 0.5) is 11.6 Å². The number of anilines is 2. The summed E-state index contributed by atoms with van der Waals surface area (Å²) in [6.45, 7) is 1.61. The third-order valence-electron chi connectivity index (χ3n) is 2.51. The number of halogens is 2. The molecule has 0 bridgehead atoms. The topological polar surface area (TPSA) is 80.8 Å². The van der Waals surface area contributed by atoms with Crippen molar-refractivity contribution in [2.45, 2.75) is 13.0 Å². The molecule has 0 saturated carbocycles. The number of hydrogen-bond donors (Lipinski definition) is 3. The highest BCUT2D eigenvalue weighted by molar-refractivity contribution is 6.37. The molecule has 0 aliphatic heterocycles. The van der Waals surface area contributed by atoms with Gasteiger partial charge in [0.25, 0.3) is 0 Å². The standard InChI is InChI=1S/C11H14Cl2N6/c12-8-6-9(13)11(18-14)17-10(8)16-2-1-4-19-5-3-15-7-19/h3,5-7H,1-2,4,14H2,(H2,16,17,18). The molecule has 0 spiro atoms. The Hall–Kier alpha value is -1.50. The van der Waals surface area contributed by atoms with E-state index in [1.807, 2.05) is 10.8 Å². The van der Waals surface area contributed by atoms with Gasteiger partial charge in [-0.05, 0) is 12.5 Å². The second kappa shape index (κ2) is 6.60. The van der Waals surface area contributed by atoms with E-state index in [1.54, 1.807) is 18.6 Å². The molecule has 0 aromatic carbocycles. The Morgan fingerprint density at radius 2 is 2.05 bits per heavy atom. The lowest BCUT2D eigenvalue weighted by molar-refractivity contribution is 0.660. The molecule has 4 N–H and O–H groups in total. The molecule has 0 aliphatic carbocycles. The first-order valence-corrected chi connectivity index (χ1v) is 6.48. The van der Waals surface area contributed by atoms with E-state index in [0.717, 1.165) is 19.5 Å². The largest absolute Gasteiger partial charge is 0.369 e. The fraction of sp³-hybridized carbons (Fsp3) is 0.273. The number of nitrogens with one attached hydrogen (secondary N) is 2. The molecule has 2 aromatic rings. The minimum atomic E-state index is 0.386. The predicted molar refractivity (Wildman–Crippen MR) is 77.4 cm³/mol. The zero-order valence-electron chi connectivity index (χ0n) is 10.1.